The third kappa shape index (κ3) is 1.92. The van der Waals surface area contributed by atoms with Crippen molar-refractivity contribution in [2.24, 2.45) is 5.73 Å². The third-order valence-corrected chi connectivity index (χ3v) is 3.30. The highest BCUT2D eigenvalue weighted by Gasteiger charge is 2.19. The smallest absolute Gasteiger partial charge is 0.155 e. The van der Waals surface area contributed by atoms with Crippen LogP contribution < -0.4 is 5.73 Å². The lowest BCUT2D eigenvalue weighted by Crippen LogP contribution is -2.14. The van der Waals surface area contributed by atoms with Crippen molar-refractivity contribution in [3.8, 4) is 0 Å². The first-order valence-corrected chi connectivity index (χ1v) is 6.00. The zero-order valence-electron chi connectivity index (χ0n) is 9.67. The first-order chi connectivity index (χ1) is 8.38. The molecule has 0 unspecified atom stereocenters. The van der Waals surface area contributed by atoms with Crippen LogP contribution in [0, 0.1) is 0 Å². The molecule has 1 aliphatic heterocycles. The van der Waals surface area contributed by atoms with E-state index in [4.69, 9.17) is 10.5 Å². The lowest BCUT2D eigenvalue weighted by molar-refractivity contribution is 0.0844. The summed E-state index contributed by atoms with van der Waals surface area (Å²) in [5.74, 6) is 0.496. The van der Waals surface area contributed by atoms with Gasteiger partial charge < -0.3 is 10.5 Å². The quantitative estimate of drug-likeness (QED) is 0.841. The number of rotatable bonds is 2. The van der Waals surface area contributed by atoms with Gasteiger partial charge in [-0.25, -0.2) is 9.50 Å². The fourth-order valence-corrected chi connectivity index (χ4v) is 2.31. The maximum atomic E-state index is 5.70. The molecule has 0 amide bonds. The van der Waals surface area contributed by atoms with Crippen molar-refractivity contribution in [2.45, 2.75) is 25.3 Å². The van der Waals surface area contributed by atoms with Crippen LogP contribution >= 0.6 is 0 Å². The number of fused-ring (bicyclic) bond motifs is 1. The van der Waals surface area contributed by atoms with E-state index < -0.39 is 0 Å². The number of nitrogens with zero attached hydrogens (tertiary/aromatic N) is 3. The minimum Gasteiger partial charge on any atom is -0.381 e. The summed E-state index contributed by atoms with van der Waals surface area (Å²) < 4.78 is 7.22. The Bertz CT molecular complexity index is 516. The standard InChI is InChI=1S/C12H16N4O/c13-8-10-1-4-14-12-7-11(15-16(10)12)9-2-5-17-6-3-9/h1,4,7,9H,2-3,5-6,8,13H2. The summed E-state index contributed by atoms with van der Waals surface area (Å²) in [6, 6.07) is 3.98. The molecule has 3 rings (SSSR count). The fraction of sp³-hybridized carbons (Fsp3) is 0.500. The number of nitrogens with two attached hydrogens (primary N) is 1. The predicted molar refractivity (Wildman–Crippen MR) is 63.7 cm³/mol. The molecule has 2 N–H and O–H groups in total. The molecule has 90 valence electrons. The van der Waals surface area contributed by atoms with Crippen LogP contribution in [0.3, 0.4) is 0 Å². The summed E-state index contributed by atoms with van der Waals surface area (Å²) >= 11 is 0. The first kappa shape index (κ1) is 10.7. The molecule has 5 heteroatoms. The summed E-state index contributed by atoms with van der Waals surface area (Å²) in [6.45, 7) is 2.14. The van der Waals surface area contributed by atoms with Gasteiger partial charge in [0.25, 0.3) is 0 Å². The van der Waals surface area contributed by atoms with Gasteiger partial charge in [-0.05, 0) is 18.9 Å². The van der Waals surface area contributed by atoms with E-state index in [-0.39, 0.29) is 0 Å². The van der Waals surface area contributed by atoms with Gasteiger partial charge in [0.2, 0.25) is 0 Å². The van der Waals surface area contributed by atoms with Gasteiger partial charge >= 0.3 is 0 Å². The molecule has 0 bridgehead atoms. The maximum absolute atomic E-state index is 5.70. The van der Waals surface area contributed by atoms with Crippen LogP contribution in [-0.4, -0.2) is 27.8 Å². The molecular formula is C12H16N4O. The van der Waals surface area contributed by atoms with Crippen LogP contribution in [0.15, 0.2) is 18.3 Å². The van der Waals surface area contributed by atoms with Crippen LogP contribution in [0.25, 0.3) is 5.65 Å². The van der Waals surface area contributed by atoms with Crippen molar-refractivity contribution in [3.05, 3.63) is 29.7 Å². The fourth-order valence-electron chi connectivity index (χ4n) is 2.31. The molecule has 0 spiro atoms. The van der Waals surface area contributed by atoms with Gasteiger partial charge in [0.15, 0.2) is 5.65 Å². The van der Waals surface area contributed by atoms with Crippen LogP contribution in [0.1, 0.15) is 30.1 Å². The van der Waals surface area contributed by atoms with Crippen molar-refractivity contribution >= 4 is 5.65 Å². The molecule has 1 saturated heterocycles. The molecule has 2 aromatic heterocycles. The van der Waals surface area contributed by atoms with Crippen LogP contribution in [0.2, 0.25) is 0 Å². The van der Waals surface area contributed by atoms with E-state index in [2.05, 4.69) is 16.1 Å². The monoisotopic (exact) mass is 232 g/mol. The summed E-state index contributed by atoms with van der Waals surface area (Å²) in [5, 5.41) is 4.63. The Balaban J connectivity index is 2.00. The Morgan fingerprint density at radius 3 is 3.00 bits per heavy atom. The molecule has 3 heterocycles. The lowest BCUT2D eigenvalue weighted by atomic mass is 9.97. The topological polar surface area (TPSA) is 65.4 Å². The molecule has 0 aromatic carbocycles. The van der Waals surface area contributed by atoms with Crippen molar-refractivity contribution in [1.29, 1.82) is 0 Å². The molecule has 0 radical (unpaired) electrons. The van der Waals surface area contributed by atoms with Gasteiger partial charge in [0.05, 0.1) is 11.4 Å². The van der Waals surface area contributed by atoms with Crippen LogP contribution in [-0.2, 0) is 11.3 Å². The molecule has 0 saturated carbocycles. The Labute approximate surface area is 99.6 Å². The summed E-state index contributed by atoms with van der Waals surface area (Å²) in [7, 11) is 0. The van der Waals surface area contributed by atoms with Crippen molar-refractivity contribution in [2.75, 3.05) is 13.2 Å². The van der Waals surface area contributed by atoms with Gasteiger partial charge in [0.1, 0.15) is 0 Å². The van der Waals surface area contributed by atoms with E-state index in [0.29, 0.717) is 12.5 Å². The SMILES string of the molecule is NCc1ccnc2cc(C3CCOCC3)nn12. The molecular weight excluding hydrogens is 216 g/mol. The van der Waals surface area contributed by atoms with Crippen molar-refractivity contribution < 1.29 is 4.74 Å². The van der Waals surface area contributed by atoms with E-state index in [1.807, 2.05) is 10.6 Å². The number of hydrogen-bond acceptors (Lipinski definition) is 4. The summed E-state index contributed by atoms with van der Waals surface area (Å²) in [6.07, 6.45) is 3.87. The number of aromatic nitrogens is 3. The Morgan fingerprint density at radius 1 is 1.41 bits per heavy atom. The maximum Gasteiger partial charge on any atom is 0.155 e. The van der Waals surface area contributed by atoms with Crippen LogP contribution in [0.4, 0.5) is 0 Å². The van der Waals surface area contributed by atoms with Crippen LogP contribution in [0.5, 0.6) is 0 Å². The molecule has 1 fully saturated rings. The van der Waals surface area contributed by atoms with Crippen molar-refractivity contribution in [1.82, 2.24) is 14.6 Å². The van der Waals surface area contributed by atoms with E-state index in [0.717, 1.165) is 43.1 Å². The van der Waals surface area contributed by atoms with E-state index in [9.17, 15) is 0 Å². The van der Waals surface area contributed by atoms with E-state index in [1.54, 1.807) is 6.20 Å². The molecule has 17 heavy (non-hydrogen) atoms. The average molecular weight is 232 g/mol. The zero-order chi connectivity index (χ0) is 11.7. The summed E-state index contributed by atoms with van der Waals surface area (Å²) in [5.41, 5.74) is 8.69. The minimum absolute atomic E-state index is 0.480. The Kier molecular flexibility index (Phi) is 2.78. The first-order valence-electron chi connectivity index (χ1n) is 6.00. The minimum atomic E-state index is 0.480. The van der Waals surface area contributed by atoms with Gasteiger partial charge in [-0.3, -0.25) is 0 Å². The van der Waals surface area contributed by atoms with E-state index >= 15 is 0 Å². The Morgan fingerprint density at radius 2 is 2.24 bits per heavy atom. The van der Waals surface area contributed by atoms with Gasteiger partial charge in [-0.2, -0.15) is 5.10 Å². The highest BCUT2D eigenvalue weighted by atomic mass is 16.5. The zero-order valence-corrected chi connectivity index (χ0v) is 9.67. The van der Waals surface area contributed by atoms with E-state index in [1.165, 1.54) is 0 Å². The van der Waals surface area contributed by atoms with Gasteiger partial charge in [-0.15, -0.1) is 0 Å². The average Bonchev–Trinajstić information content (AvgIpc) is 2.83. The van der Waals surface area contributed by atoms with Crippen molar-refractivity contribution in [3.63, 3.8) is 0 Å². The highest BCUT2D eigenvalue weighted by molar-refractivity contribution is 5.41. The highest BCUT2D eigenvalue weighted by Crippen LogP contribution is 2.26. The Hall–Kier alpha value is -1.46. The molecule has 0 atom stereocenters. The van der Waals surface area contributed by atoms with Gasteiger partial charge in [0, 0.05) is 37.9 Å². The van der Waals surface area contributed by atoms with Gasteiger partial charge in [-0.1, -0.05) is 0 Å². The molecule has 0 aliphatic carbocycles. The lowest BCUT2D eigenvalue weighted by Gasteiger charge is -2.19. The second-order valence-electron chi connectivity index (χ2n) is 4.37. The molecule has 1 aliphatic rings. The number of ether oxygens (including phenoxy) is 1. The largest absolute Gasteiger partial charge is 0.381 e. The predicted octanol–water partition coefficient (Wildman–Crippen LogP) is 1.08. The number of hydrogen-bond donors (Lipinski definition) is 1. The second kappa shape index (κ2) is 4.43. The second-order valence-corrected chi connectivity index (χ2v) is 4.37. The molecule has 5 nitrogen and oxygen atoms in total. The molecule has 2 aromatic rings. The third-order valence-electron chi connectivity index (χ3n) is 3.30. The normalized spacial score (nSPS) is 17.7. The summed E-state index contributed by atoms with van der Waals surface area (Å²) in [4.78, 5) is 4.32.